The van der Waals surface area contributed by atoms with Crippen LogP contribution in [-0.2, 0) is 6.54 Å². The molecule has 0 unspecified atom stereocenters. The number of rotatable bonds is 5. The molecule has 1 aliphatic rings. The number of fused-ring (bicyclic) bond motifs is 1. The maximum Gasteiger partial charge on any atom is 0.316 e. The van der Waals surface area contributed by atoms with Crippen LogP contribution in [-0.4, -0.2) is 21.6 Å². The number of H-pyrrole nitrogens is 1. The maximum absolute atomic E-state index is 12.3. The minimum atomic E-state index is -0.402. The fourth-order valence-corrected chi connectivity index (χ4v) is 3.66. The van der Waals surface area contributed by atoms with Gasteiger partial charge in [-0.1, -0.05) is 29.8 Å². The van der Waals surface area contributed by atoms with Gasteiger partial charge in [-0.15, -0.1) is 0 Å². The van der Waals surface area contributed by atoms with E-state index in [1.54, 1.807) is 6.20 Å². The van der Waals surface area contributed by atoms with Gasteiger partial charge in [0.05, 0.1) is 19.9 Å². The second kappa shape index (κ2) is 7.56. The molecule has 0 saturated heterocycles. The first kappa shape index (κ1) is 18.4. The molecule has 1 aliphatic carbocycles. The van der Waals surface area contributed by atoms with Gasteiger partial charge in [0.25, 0.3) is 0 Å². The van der Waals surface area contributed by atoms with E-state index in [4.69, 9.17) is 16.3 Å². The number of anilines is 1. The Morgan fingerprint density at radius 3 is 3.00 bits per heavy atom. The lowest BCUT2D eigenvalue weighted by Crippen LogP contribution is -2.31. The van der Waals surface area contributed by atoms with Crippen LogP contribution in [0.2, 0.25) is 5.02 Å². The number of nitrogens with one attached hydrogen (secondary N) is 2. The first-order valence-corrected chi connectivity index (χ1v) is 9.47. The van der Waals surface area contributed by atoms with Gasteiger partial charge in [-0.2, -0.15) is 4.98 Å². The Morgan fingerprint density at radius 1 is 1.36 bits per heavy atom. The van der Waals surface area contributed by atoms with E-state index in [0.717, 1.165) is 40.4 Å². The van der Waals surface area contributed by atoms with E-state index in [1.807, 2.05) is 35.8 Å². The molecular formula is C21H21ClN4O2. The minimum Gasteiger partial charge on any atom is -0.490 e. The number of nitrogens with zero attached hydrogens (tertiary/aromatic N) is 2. The summed E-state index contributed by atoms with van der Waals surface area (Å²) in [6.07, 6.45) is 5.64. The number of aromatic amines is 1. The van der Waals surface area contributed by atoms with Gasteiger partial charge in [0.2, 0.25) is 11.7 Å². The summed E-state index contributed by atoms with van der Waals surface area (Å²) < 4.78 is 7.06. The molecule has 0 radical (unpaired) electrons. The Bertz CT molecular complexity index is 1210. The Labute approximate surface area is 167 Å². The molecule has 1 aromatic carbocycles. The van der Waals surface area contributed by atoms with Crippen molar-refractivity contribution in [3.63, 3.8) is 0 Å². The Kier molecular flexibility index (Phi) is 4.96. The van der Waals surface area contributed by atoms with Gasteiger partial charge < -0.3 is 19.6 Å². The summed E-state index contributed by atoms with van der Waals surface area (Å²) in [5.74, 6) is 0.681. The van der Waals surface area contributed by atoms with Gasteiger partial charge in [-0.25, -0.2) is 0 Å². The second-order valence-electron chi connectivity index (χ2n) is 6.82. The van der Waals surface area contributed by atoms with Crippen LogP contribution in [0.25, 0.3) is 11.8 Å². The van der Waals surface area contributed by atoms with Crippen LogP contribution < -0.4 is 26.2 Å². The number of hydrogen-bond acceptors (Lipinski definition) is 4. The van der Waals surface area contributed by atoms with Crippen LogP contribution in [0.15, 0.2) is 41.3 Å². The van der Waals surface area contributed by atoms with Gasteiger partial charge in [0, 0.05) is 27.0 Å². The highest BCUT2D eigenvalue weighted by Crippen LogP contribution is 2.18. The standard InChI is InChI=1S/C21H21ClN4O2/c1-13-9-16-17(23-13)7-4-8-18(16)24-21-25-20(27)19(28-2)12-26(21)11-14-5-3-6-15(22)10-14/h3,5-7,9-10,12,23H,4,8,11H2,1-2H3,(H,24,25,27). The Hall–Kier alpha value is -2.99. The topological polar surface area (TPSA) is 71.9 Å². The zero-order valence-corrected chi connectivity index (χ0v) is 16.5. The van der Waals surface area contributed by atoms with Gasteiger partial charge in [-0.3, -0.25) is 4.79 Å². The molecule has 0 aliphatic heterocycles. The lowest BCUT2D eigenvalue weighted by molar-refractivity contribution is 0.402. The molecule has 28 heavy (non-hydrogen) atoms. The molecular weight excluding hydrogens is 376 g/mol. The predicted octanol–water partition coefficient (Wildman–Crippen LogP) is 2.38. The zero-order chi connectivity index (χ0) is 19.7. The third-order valence-electron chi connectivity index (χ3n) is 4.74. The molecule has 0 atom stereocenters. The number of ether oxygens (including phenoxy) is 1. The van der Waals surface area contributed by atoms with E-state index in [0.29, 0.717) is 17.5 Å². The van der Waals surface area contributed by atoms with Gasteiger partial charge in [0.15, 0.2) is 0 Å². The molecule has 144 valence electrons. The van der Waals surface area contributed by atoms with E-state index >= 15 is 0 Å². The lowest BCUT2D eigenvalue weighted by atomic mass is 10.1. The Balaban J connectivity index is 1.79. The van der Waals surface area contributed by atoms with Crippen LogP contribution >= 0.6 is 11.6 Å². The molecule has 3 aromatic rings. The van der Waals surface area contributed by atoms with Crippen molar-refractivity contribution in [1.82, 2.24) is 14.5 Å². The van der Waals surface area contributed by atoms with Crippen LogP contribution in [0.4, 0.5) is 5.95 Å². The summed E-state index contributed by atoms with van der Waals surface area (Å²) in [6, 6.07) is 9.72. The van der Waals surface area contributed by atoms with Crippen LogP contribution in [0, 0.1) is 6.92 Å². The first-order chi connectivity index (χ1) is 13.5. The third-order valence-corrected chi connectivity index (χ3v) is 4.97. The highest BCUT2D eigenvalue weighted by molar-refractivity contribution is 6.30. The summed E-state index contributed by atoms with van der Waals surface area (Å²) >= 11 is 6.12. The summed E-state index contributed by atoms with van der Waals surface area (Å²) in [7, 11) is 1.47. The number of methoxy groups -OCH3 is 1. The van der Waals surface area contributed by atoms with Gasteiger partial charge in [0.1, 0.15) is 0 Å². The first-order valence-electron chi connectivity index (χ1n) is 9.09. The van der Waals surface area contributed by atoms with E-state index in [9.17, 15) is 4.79 Å². The SMILES string of the molecule is COc1cn(Cc2cccc(Cl)c2)c(NC2=c3cc(C)[nH]c3=CCC2)nc1=O. The number of aryl methyl sites for hydroxylation is 1. The van der Waals surface area contributed by atoms with Crippen molar-refractivity contribution in [1.29, 1.82) is 0 Å². The molecule has 6 nitrogen and oxygen atoms in total. The summed E-state index contributed by atoms with van der Waals surface area (Å²) in [4.78, 5) is 19.9. The largest absolute Gasteiger partial charge is 0.490 e. The summed E-state index contributed by atoms with van der Waals surface area (Å²) in [5, 5.41) is 6.26. The number of halogens is 1. The van der Waals surface area contributed by atoms with Gasteiger partial charge >= 0.3 is 5.56 Å². The molecule has 0 amide bonds. The highest BCUT2D eigenvalue weighted by Gasteiger charge is 2.13. The van der Waals surface area contributed by atoms with E-state index in [-0.39, 0.29) is 5.75 Å². The second-order valence-corrected chi connectivity index (χ2v) is 7.26. The summed E-state index contributed by atoms with van der Waals surface area (Å²) in [5.41, 5.74) is 2.74. The summed E-state index contributed by atoms with van der Waals surface area (Å²) in [6.45, 7) is 2.54. The van der Waals surface area contributed by atoms with Crippen molar-refractivity contribution in [2.45, 2.75) is 26.3 Å². The van der Waals surface area contributed by atoms with Crippen LogP contribution in [0.5, 0.6) is 5.75 Å². The molecule has 0 spiro atoms. The molecule has 0 bridgehead atoms. The normalized spacial score (nSPS) is 13.0. The van der Waals surface area contributed by atoms with Crippen molar-refractivity contribution >= 4 is 29.3 Å². The molecule has 4 rings (SSSR count). The fourth-order valence-electron chi connectivity index (χ4n) is 3.45. The maximum atomic E-state index is 12.3. The third kappa shape index (κ3) is 3.68. The van der Waals surface area contributed by atoms with E-state index in [1.165, 1.54) is 7.11 Å². The molecule has 7 heteroatoms. The van der Waals surface area contributed by atoms with Crippen molar-refractivity contribution in [3.8, 4) is 5.75 Å². The smallest absolute Gasteiger partial charge is 0.316 e. The average Bonchev–Trinajstić information content (AvgIpc) is 3.05. The highest BCUT2D eigenvalue weighted by atomic mass is 35.5. The predicted molar refractivity (Wildman–Crippen MR) is 111 cm³/mol. The van der Waals surface area contributed by atoms with E-state index < -0.39 is 5.56 Å². The van der Waals surface area contributed by atoms with Crippen molar-refractivity contribution in [2.24, 2.45) is 0 Å². The monoisotopic (exact) mass is 396 g/mol. The number of benzene rings is 1. The van der Waals surface area contributed by atoms with Crippen molar-refractivity contribution in [2.75, 3.05) is 12.4 Å². The molecule has 2 heterocycles. The average molecular weight is 397 g/mol. The van der Waals surface area contributed by atoms with Gasteiger partial charge in [-0.05, 0) is 43.5 Å². The number of aromatic nitrogens is 3. The molecule has 2 N–H and O–H groups in total. The van der Waals surface area contributed by atoms with Crippen molar-refractivity contribution in [3.05, 3.63) is 73.7 Å². The molecule has 2 aromatic heterocycles. The van der Waals surface area contributed by atoms with E-state index in [2.05, 4.69) is 27.4 Å². The minimum absolute atomic E-state index is 0.202. The fraction of sp³-hybridized carbons (Fsp3) is 0.238. The lowest BCUT2D eigenvalue weighted by Gasteiger charge is -2.17. The zero-order valence-electron chi connectivity index (χ0n) is 15.8. The Morgan fingerprint density at radius 2 is 2.21 bits per heavy atom. The molecule has 0 saturated carbocycles. The van der Waals surface area contributed by atoms with Crippen molar-refractivity contribution < 1.29 is 4.74 Å². The number of hydrogen-bond donors (Lipinski definition) is 2. The molecule has 0 fully saturated rings. The quantitative estimate of drug-likeness (QED) is 0.694. The van der Waals surface area contributed by atoms with Crippen LogP contribution in [0.3, 0.4) is 0 Å². The van der Waals surface area contributed by atoms with Crippen LogP contribution in [0.1, 0.15) is 24.1 Å².